The van der Waals surface area contributed by atoms with Gasteiger partial charge in [0, 0.05) is 10.0 Å². The summed E-state index contributed by atoms with van der Waals surface area (Å²) >= 11 is 3.02. The van der Waals surface area contributed by atoms with Crippen LogP contribution in [0.25, 0.3) is 0 Å². The predicted octanol–water partition coefficient (Wildman–Crippen LogP) is 4.72. The lowest BCUT2D eigenvalue weighted by atomic mass is 10.0. The van der Waals surface area contributed by atoms with Crippen LogP contribution >= 0.6 is 15.9 Å². The van der Waals surface area contributed by atoms with Gasteiger partial charge in [0.2, 0.25) is 0 Å². The van der Waals surface area contributed by atoms with Crippen LogP contribution in [0.4, 0.5) is 17.6 Å². The van der Waals surface area contributed by atoms with Crippen molar-refractivity contribution in [2.75, 3.05) is 0 Å². The Balaban J connectivity index is 2.44. The van der Waals surface area contributed by atoms with Gasteiger partial charge in [-0.25, -0.2) is 4.39 Å². The average Bonchev–Trinajstić information content (AvgIpc) is 2.35. The van der Waals surface area contributed by atoms with E-state index in [1.54, 1.807) is 0 Å². The minimum absolute atomic E-state index is 0.0832. The molecule has 0 spiro atoms. The second-order valence-electron chi connectivity index (χ2n) is 4.03. The van der Waals surface area contributed by atoms with Crippen LogP contribution in [0, 0.1) is 5.82 Å². The van der Waals surface area contributed by atoms with Crippen molar-refractivity contribution in [2.24, 2.45) is 0 Å². The van der Waals surface area contributed by atoms with Gasteiger partial charge in [-0.3, -0.25) is 4.79 Å². The standard InChI is InChI=1S/C14H7BrF4O2/c15-9-5-8(6-10(16)7-9)13(20)11-3-1-2-4-12(11)21-14(17,18)19/h1-7H. The van der Waals surface area contributed by atoms with Crippen LogP contribution in [0.5, 0.6) is 5.75 Å². The van der Waals surface area contributed by atoms with E-state index in [9.17, 15) is 22.4 Å². The molecular weight excluding hydrogens is 356 g/mol. The molecule has 2 aromatic rings. The highest BCUT2D eigenvalue weighted by atomic mass is 79.9. The van der Waals surface area contributed by atoms with Gasteiger partial charge >= 0.3 is 6.36 Å². The van der Waals surface area contributed by atoms with Crippen LogP contribution in [0.1, 0.15) is 15.9 Å². The van der Waals surface area contributed by atoms with Crippen LogP contribution in [0.15, 0.2) is 46.9 Å². The molecule has 7 heteroatoms. The Morgan fingerprint density at radius 3 is 2.38 bits per heavy atom. The normalized spacial score (nSPS) is 11.3. The molecule has 21 heavy (non-hydrogen) atoms. The fourth-order valence-corrected chi connectivity index (χ4v) is 2.17. The van der Waals surface area contributed by atoms with E-state index in [0.29, 0.717) is 4.47 Å². The largest absolute Gasteiger partial charge is 0.573 e. The number of ketones is 1. The van der Waals surface area contributed by atoms with Gasteiger partial charge in [-0.15, -0.1) is 13.2 Å². The van der Waals surface area contributed by atoms with Gasteiger partial charge in [-0.2, -0.15) is 0 Å². The smallest absolute Gasteiger partial charge is 0.405 e. The van der Waals surface area contributed by atoms with Gasteiger partial charge in [0.05, 0.1) is 5.56 Å². The van der Waals surface area contributed by atoms with E-state index in [1.807, 2.05) is 0 Å². The summed E-state index contributed by atoms with van der Waals surface area (Å²) in [6.45, 7) is 0. The first-order valence-corrected chi connectivity index (χ1v) is 6.41. The van der Waals surface area contributed by atoms with Crippen molar-refractivity contribution >= 4 is 21.7 Å². The molecule has 0 aliphatic carbocycles. The van der Waals surface area contributed by atoms with Crippen LogP contribution < -0.4 is 4.74 Å². The Hall–Kier alpha value is -1.89. The SMILES string of the molecule is O=C(c1cc(F)cc(Br)c1)c1ccccc1OC(F)(F)F. The summed E-state index contributed by atoms with van der Waals surface area (Å²) in [4.78, 5) is 12.2. The first-order chi connectivity index (χ1) is 9.76. The minimum atomic E-state index is -4.92. The minimum Gasteiger partial charge on any atom is -0.405 e. The number of halogens is 5. The summed E-state index contributed by atoms with van der Waals surface area (Å²) < 4.78 is 54.3. The molecule has 0 saturated carbocycles. The second kappa shape index (κ2) is 5.85. The lowest BCUT2D eigenvalue weighted by Crippen LogP contribution is -2.19. The van der Waals surface area contributed by atoms with Crippen molar-refractivity contribution in [1.29, 1.82) is 0 Å². The summed E-state index contributed by atoms with van der Waals surface area (Å²) in [5.41, 5.74) is -0.382. The predicted molar refractivity (Wildman–Crippen MR) is 70.7 cm³/mol. The number of ether oxygens (including phenoxy) is 1. The lowest BCUT2D eigenvalue weighted by Gasteiger charge is -2.12. The molecule has 0 fully saturated rings. The van der Waals surface area contributed by atoms with E-state index in [-0.39, 0.29) is 11.1 Å². The molecule has 110 valence electrons. The van der Waals surface area contributed by atoms with Crippen molar-refractivity contribution < 1.29 is 27.1 Å². The van der Waals surface area contributed by atoms with Gasteiger partial charge in [-0.1, -0.05) is 28.1 Å². The Kier molecular flexibility index (Phi) is 4.32. The Labute approximate surface area is 125 Å². The number of alkyl halides is 3. The molecule has 2 aromatic carbocycles. The average molecular weight is 363 g/mol. The first-order valence-electron chi connectivity index (χ1n) is 5.62. The van der Waals surface area contributed by atoms with E-state index >= 15 is 0 Å². The number of carbonyl (C=O) groups excluding carboxylic acids is 1. The Morgan fingerprint density at radius 2 is 1.76 bits per heavy atom. The Morgan fingerprint density at radius 1 is 1.10 bits per heavy atom. The summed E-state index contributed by atoms with van der Waals surface area (Å²) in [7, 11) is 0. The molecule has 0 amide bonds. The quantitative estimate of drug-likeness (QED) is 0.583. The molecule has 0 aliphatic rings. The molecule has 0 unspecified atom stereocenters. The Bertz CT molecular complexity index is 663. The number of hydrogen-bond donors (Lipinski definition) is 0. The van der Waals surface area contributed by atoms with Crippen LogP contribution in [-0.2, 0) is 0 Å². The molecule has 2 nitrogen and oxygen atoms in total. The second-order valence-corrected chi connectivity index (χ2v) is 4.95. The maximum absolute atomic E-state index is 13.3. The molecule has 2 rings (SSSR count). The number of rotatable bonds is 3. The maximum Gasteiger partial charge on any atom is 0.573 e. The van der Waals surface area contributed by atoms with Crippen LogP contribution in [-0.4, -0.2) is 12.1 Å². The summed E-state index contributed by atoms with van der Waals surface area (Å²) in [5, 5.41) is 0. The van der Waals surface area contributed by atoms with E-state index in [1.165, 1.54) is 24.3 Å². The van der Waals surface area contributed by atoms with Crippen molar-refractivity contribution in [3.05, 3.63) is 63.9 Å². The molecule has 0 N–H and O–H groups in total. The van der Waals surface area contributed by atoms with E-state index in [0.717, 1.165) is 18.2 Å². The molecular formula is C14H7BrF4O2. The summed E-state index contributed by atoms with van der Waals surface area (Å²) in [6.07, 6.45) is -4.92. The van der Waals surface area contributed by atoms with E-state index in [4.69, 9.17) is 0 Å². The zero-order chi connectivity index (χ0) is 15.6. The molecule has 0 bridgehead atoms. The summed E-state index contributed by atoms with van der Waals surface area (Å²) in [6, 6.07) is 8.30. The number of para-hydroxylation sites is 1. The van der Waals surface area contributed by atoms with Crippen molar-refractivity contribution in [3.8, 4) is 5.75 Å². The third-order valence-corrected chi connectivity index (χ3v) is 2.94. The van der Waals surface area contributed by atoms with Crippen LogP contribution in [0.2, 0.25) is 0 Å². The first kappa shape index (κ1) is 15.5. The zero-order valence-corrected chi connectivity index (χ0v) is 11.8. The van der Waals surface area contributed by atoms with Crippen molar-refractivity contribution in [2.45, 2.75) is 6.36 Å². The maximum atomic E-state index is 13.3. The molecule has 0 atom stereocenters. The van der Waals surface area contributed by atoms with Gasteiger partial charge < -0.3 is 4.74 Å². The van der Waals surface area contributed by atoms with Gasteiger partial charge in [0.25, 0.3) is 0 Å². The lowest BCUT2D eigenvalue weighted by molar-refractivity contribution is -0.274. The highest BCUT2D eigenvalue weighted by molar-refractivity contribution is 9.10. The van der Waals surface area contributed by atoms with Gasteiger partial charge in [0.1, 0.15) is 11.6 Å². The number of carbonyl (C=O) groups is 1. The molecule has 0 aromatic heterocycles. The highest BCUT2D eigenvalue weighted by Gasteiger charge is 2.33. The molecule has 0 radical (unpaired) electrons. The van der Waals surface area contributed by atoms with Crippen LogP contribution in [0.3, 0.4) is 0 Å². The highest BCUT2D eigenvalue weighted by Crippen LogP contribution is 2.28. The van der Waals surface area contributed by atoms with Gasteiger partial charge in [-0.05, 0) is 30.3 Å². The third kappa shape index (κ3) is 4.04. The fraction of sp³-hybridized carbons (Fsp3) is 0.0714. The van der Waals surface area contributed by atoms with Gasteiger partial charge in [0.15, 0.2) is 5.78 Å². The number of benzene rings is 2. The monoisotopic (exact) mass is 362 g/mol. The molecule has 0 saturated heterocycles. The molecule has 0 heterocycles. The van der Waals surface area contributed by atoms with E-state index in [2.05, 4.69) is 20.7 Å². The third-order valence-electron chi connectivity index (χ3n) is 2.48. The topological polar surface area (TPSA) is 26.3 Å². The van der Waals surface area contributed by atoms with Crippen molar-refractivity contribution in [3.63, 3.8) is 0 Å². The number of hydrogen-bond acceptors (Lipinski definition) is 2. The summed E-state index contributed by atoms with van der Waals surface area (Å²) in [5.74, 6) is -2.08. The molecule has 0 aliphatic heterocycles. The van der Waals surface area contributed by atoms with E-state index < -0.39 is 23.7 Å². The fourth-order valence-electron chi connectivity index (χ4n) is 1.71. The zero-order valence-electron chi connectivity index (χ0n) is 10.2. The van der Waals surface area contributed by atoms with Crippen molar-refractivity contribution in [1.82, 2.24) is 0 Å².